The van der Waals surface area contributed by atoms with Crippen molar-refractivity contribution in [1.29, 1.82) is 0 Å². The second-order valence-electron chi connectivity index (χ2n) is 18.6. The lowest BCUT2D eigenvalue weighted by atomic mass is 9.96. The number of hydrogen-bond donors (Lipinski definition) is 6. The van der Waals surface area contributed by atoms with Gasteiger partial charge in [-0.25, -0.2) is 9.59 Å². The van der Waals surface area contributed by atoms with E-state index in [1.807, 2.05) is 88.4 Å². The highest BCUT2D eigenvalue weighted by Crippen LogP contribution is 2.51. The molecule has 4 saturated heterocycles. The van der Waals surface area contributed by atoms with E-state index in [-0.39, 0.29) is 47.2 Å². The molecule has 0 saturated carbocycles. The maximum absolute atomic E-state index is 12.3. The van der Waals surface area contributed by atoms with Gasteiger partial charge in [-0.3, -0.25) is 19.2 Å². The van der Waals surface area contributed by atoms with Crippen molar-refractivity contribution in [3.63, 3.8) is 0 Å². The Hall–Kier alpha value is -4.12. The number of carbonyl (C=O) groups excluding carboxylic acids is 4. The lowest BCUT2D eigenvalue weighted by Crippen LogP contribution is -2.70. The molecule has 0 bridgehead atoms. The molecule has 0 radical (unpaired) electrons. The van der Waals surface area contributed by atoms with Crippen molar-refractivity contribution in [2.75, 3.05) is 26.2 Å². The van der Waals surface area contributed by atoms with E-state index in [1.165, 1.54) is 123 Å². The van der Waals surface area contributed by atoms with E-state index in [0.29, 0.717) is 0 Å². The Bertz CT molecular complexity index is 1740. The van der Waals surface area contributed by atoms with E-state index in [4.69, 9.17) is 0 Å². The zero-order valence-electron chi connectivity index (χ0n) is 40.0. The van der Waals surface area contributed by atoms with E-state index in [2.05, 4.69) is 35.1 Å². The van der Waals surface area contributed by atoms with Gasteiger partial charge in [-0.1, -0.05) is 139 Å². The van der Waals surface area contributed by atoms with Crippen LogP contribution in [0.3, 0.4) is 0 Å². The molecule has 4 fully saturated rings. The minimum atomic E-state index is -1.01. The fourth-order valence-electron chi connectivity index (χ4n) is 8.79. The zero-order chi connectivity index (χ0) is 48.3. The van der Waals surface area contributed by atoms with Gasteiger partial charge in [-0.2, -0.15) is 0 Å². The smallest absolute Gasteiger partial charge is 0.327 e. The minimum Gasteiger partial charge on any atom is -0.480 e. The Labute approximate surface area is 401 Å². The number of amides is 4. The molecular weight excluding hydrogens is 877 g/mol. The maximum Gasteiger partial charge on any atom is 0.327 e. The van der Waals surface area contributed by atoms with Gasteiger partial charge in [0.2, 0.25) is 23.6 Å². The molecule has 4 heterocycles. The Morgan fingerprint density at radius 3 is 1.20 bits per heavy atom. The summed E-state index contributed by atoms with van der Waals surface area (Å²) in [6.07, 6.45) is 17.1. The van der Waals surface area contributed by atoms with Crippen molar-refractivity contribution < 1.29 is 39.0 Å². The van der Waals surface area contributed by atoms with Gasteiger partial charge in [0, 0.05) is 22.6 Å². The fraction of sp³-hybridized carbons (Fsp3) is 0.640. The number of carbonyl (C=O) groups is 6. The van der Waals surface area contributed by atoms with Crippen LogP contribution in [0.4, 0.5) is 0 Å². The van der Waals surface area contributed by atoms with Crippen LogP contribution in [-0.2, 0) is 41.6 Å². The van der Waals surface area contributed by atoms with Crippen LogP contribution in [0.2, 0.25) is 0 Å². The Morgan fingerprint density at radius 1 is 0.530 bits per heavy atom. The number of rotatable bonds is 25. The highest BCUT2D eigenvalue weighted by molar-refractivity contribution is 8.02. The zero-order valence-corrected chi connectivity index (χ0v) is 41.7. The van der Waals surface area contributed by atoms with Gasteiger partial charge in [0.25, 0.3) is 0 Å². The van der Waals surface area contributed by atoms with Crippen molar-refractivity contribution in [3.8, 4) is 0 Å². The third-order valence-electron chi connectivity index (χ3n) is 12.3. The van der Waals surface area contributed by atoms with Crippen molar-refractivity contribution in [2.45, 2.75) is 176 Å². The number of nitrogens with one attached hydrogen (secondary N) is 4. The Balaban J connectivity index is 0.000000217. The molecule has 6 N–H and O–H groups in total. The van der Waals surface area contributed by atoms with Crippen LogP contribution < -0.4 is 21.3 Å². The number of benzene rings is 2. The summed E-state index contributed by atoms with van der Waals surface area (Å²) in [5.41, 5.74) is 1.74. The number of thioether (sulfide) groups is 2. The summed E-state index contributed by atoms with van der Waals surface area (Å²) in [6, 6.07) is 15.6. The molecule has 2 aromatic rings. The van der Waals surface area contributed by atoms with Crippen LogP contribution in [0.15, 0.2) is 60.7 Å². The highest BCUT2D eigenvalue weighted by Gasteiger charge is 2.65. The minimum absolute atomic E-state index is 0.202. The summed E-state index contributed by atoms with van der Waals surface area (Å²) in [4.78, 5) is 74.4. The number of aliphatic carboxylic acids is 2. The predicted molar refractivity (Wildman–Crippen MR) is 264 cm³/mol. The monoisotopic (exact) mass is 953 g/mol. The molecule has 0 aliphatic carbocycles. The van der Waals surface area contributed by atoms with Gasteiger partial charge in [-0.05, 0) is 64.8 Å². The van der Waals surface area contributed by atoms with Crippen LogP contribution in [0.5, 0.6) is 0 Å². The summed E-state index contributed by atoms with van der Waals surface area (Å²) in [5, 5.41) is 30.6. The molecule has 4 aliphatic rings. The standard InChI is InChI=1S/C18H40N2.2C16H18N2O4S/c1-3-5-7-9-11-13-15-19-17-18-20-16-14-12-10-8-6-4-2;2*1-16(2)12(15(21)22)18-13(20)11(14(18)23-16)17-10(19)8-9-6-4-3-5-7-9/h19-20H,3-18H2,1-2H3;2*3-7,11-12,14H,8H2,1-2H3,(H,17,19)(H,21,22)/t;2*11-,12+,14-/m.11/s1. The van der Waals surface area contributed by atoms with Gasteiger partial charge in [0.1, 0.15) is 34.9 Å². The van der Waals surface area contributed by atoms with E-state index in [9.17, 15) is 39.0 Å². The van der Waals surface area contributed by atoms with Crippen LogP contribution in [-0.4, -0.2) is 126 Å². The molecule has 66 heavy (non-hydrogen) atoms. The molecule has 0 spiro atoms. The lowest BCUT2D eigenvalue weighted by molar-refractivity contribution is -0.161. The van der Waals surface area contributed by atoms with E-state index in [0.717, 1.165) is 24.2 Å². The normalized spacial score (nSPS) is 22.9. The van der Waals surface area contributed by atoms with E-state index < -0.39 is 45.6 Å². The summed E-state index contributed by atoms with van der Waals surface area (Å²) in [6.45, 7) is 16.5. The molecular formula is C50H76N6O8S2. The summed E-state index contributed by atoms with van der Waals surface area (Å²) in [7, 11) is 0. The van der Waals surface area contributed by atoms with Crippen molar-refractivity contribution >= 4 is 59.1 Å². The molecule has 0 unspecified atom stereocenters. The van der Waals surface area contributed by atoms with Crippen LogP contribution in [0.1, 0.15) is 130 Å². The number of carboxylic acid groups (broad SMARTS) is 2. The van der Waals surface area contributed by atoms with E-state index in [1.54, 1.807) is 0 Å². The topological polar surface area (TPSA) is 197 Å². The van der Waals surface area contributed by atoms with Crippen molar-refractivity contribution in [1.82, 2.24) is 31.1 Å². The lowest BCUT2D eigenvalue weighted by Gasteiger charge is -2.43. The molecule has 0 aromatic heterocycles. The SMILES string of the molecule is CC1(C)S[C@@H]2[C@H](NC(=O)Cc3ccccc3)C(=O)N2[C@H]1C(=O)O.CC1(C)S[C@@H]2[C@H](NC(=O)Cc3ccccc3)C(=O)N2[C@H]1C(=O)O.CCCCCCCCNCCNCCCCCCCC. The molecule has 6 atom stereocenters. The van der Waals surface area contributed by atoms with Crippen molar-refractivity contribution in [3.05, 3.63) is 71.8 Å². The van der Waals surface area contributed by atoms with E-state index >= 15 is 0 Å². The molecule has 14 nitrogen and oxygen atoms in total. The van der Waals surface area contributed by atoms with Crippen LogP contribution in [0.25, 0.3) is 0 Å². The van der Waals surface area contributed by atoms with Gasteiger partial charge < -0.3 is 41.3 Å². The quantitative estimate of drug-likeness (QED) is 0.0461. The summed E-state index contributed by atoms with van der Waals surface area (Å²) in [5.74, 6) is -3.11. The number of β-lactam (4-membered cyclic amide) rings is 2. The van der Waals surface area contributed by atoms with Gasteiger partial charge in [0.15, 0.2) is 0 Å². The highest BCUT2D eigenvalue weighted by atomic mass is 32.2. The fourth-order valence-corrected chi connectivity index (χ4v) is 12.0. The molecule has 2 aromatic carbocycles. The molecule has 4 aliphatic heterocycles. The average molecular weight is 953 g/mol. The van der Waals surface area contributed by atoms with Gasteiger partial charge >= 0.3 is 11.9 Å². The van der Waals surface area contributed by atoms with Gasteiger partial charge in [-0.15, -0.1) is 23.5 Å². The molecule has 6 rings (SSSR count). The number of nitrogens with zero attached hydrogens (tertiary/aromatic N) is 2. The van der Waals surface area contributed by atoms with Crippen LogP contribution in [0, 0.1) is 0 Å². The number of carboxylic acids is 2. The Morgan fingerprint density at radius 2 is 0.864 bits per heavy atom. The second kappa shape index (κ2) is 27.0. The average Bonchev–Trinajstić information content (AvgIpc) is 3.70. The largest absolute Gasteiger partial charge is 0.480 e. The third kappa shape index (κ3) is 15.7. The van der Waals surface area contributed by atoms with Gasteiger partial charge in [0.05, 0.1) is 12.8 Å². The molecule has 366 valence electrons. The van der Waals surface area contributed by atoms with Crippen molar-refractivity contribution in [2.24, 2.45) is 0 Å². The van der Waals surface area contributed by atoms with Crippen LogP contribution >= 0.6 is 23.5 Å². The first-order valence-corrected chi connectivity index (χ1v) is 25.8. The molecule has 16 heteroatoms. The number of unbranched alkanes of at least 4 members (excludes halogenated alkanes) is 10. The number of fused-ring (bicyclic) bond motifs is 2. The second-order valence-corrected chi connectivity index (χ2v) is 22.2. The summed E-state index contributed by atoms with van der Waals surface area (Å²) < 4.78 is -1.16. The first-order chi connectivity index (χ1) is 31.5. The predicted octanol–water partition coefficient (Wildman–Crippen LogP) is 6.61. The third-order valence-corrected chi connectivity index (χ3v) is 15.4. The molecule has 4 amide bonds. The maximum atomic E-state index is 12.3. The number of hydrogen-bond acceptors (Lipinski definition) is 10. The first-order valence-electron chi connectivity index (χ1n) is 24.1. The first kappa shape index (κ1) is 54.5. The summed E-state index contributed by atoms with van der Waals surface area (Å²) >= 11 is 2.85. The Kier molecular flexibility index (Phi) is 22.3.